The largest absolute Gasteiger partial charge is 0.325 e. The van der Waals surface area contributed by atoms with Gasteiger partial charge in [0.15, 0.2) is 0 Å². The molecular weight excluding hydrogens is 262 g/mol. The van der Waals surface area contributed by atoms with Crippen LogP contribution >= 0.6 is 0 Å². The Labute approximate surface area is 130 Å². The second-order valence-corrected chi connectivity index (χ2v) is 7.57. The van der Waals surface area contributed by atoms with Gasteiger partial charge >= 0.3 is 0 Å². The van der Waals surface area contributed by atoms with Gasteiger partial charge in [0.05, 0.1) is 12.2 Å². The fraction of sp³-hybridized carbons (Fsp3) is 0.941. The molecule has 3 unspecified atom stereocenters. The van der Waals surface area contributed by atoms with Gasteiger partial charge in [0.1, 0.15) is 0 Å². The molecule has 1 amide bonds. The second kappa shape index (κ2) is 7.10. The molecule has 0 bridgehead atoms. The van der Waals surface area contributed by atoms with E-state index in [-0.39, 0.29) is 12.2 Å². The highest BCUT2D eigenvalue weighted by Crippen LogP contribution is 2.25. The molecule has 0 aromatic rings. The van der Waals surface area contributed by atoms with Crippen LogP contribution in [0.2, 0.25) is 0 Å². The monoisotopic (exact) mass is 295 g/mol. The molecule has 0 saturated carbocycles. The molecule has 2 aliphatic rings. The number of rotatable bonds is 6. The van der Waals surface area contributed by atoms with Crippen LogP contribution < -0.4 is 5.32 Å². The number of amides is 1. The van der Waals surface area contributed by atoms with Crippen molar-refractivity contribution in [3.05, 3.63) is 0 Å². The van der Waals surface area contributed by atoms with Gasteiger partial charge in [-0.15, -0.1) is 0 Å². The molecule has 3 atom stereocenters. The van der Waals surface area contributed by atoms with Crippen LogP contribution in [0.15, 0.2) is 0 Å². The van der Waals surface area contributed by atoms with Gasteiger partial charge < -0.3 is 9.80 Å². The first kappa shape index (κ1) is 16.8. The Morgan fingerprint density at radius 1 is 1.29 bits per heavy atom. The minimum Gasteiger partial charge on any atom is -0.325 e. The average Bonchev–Trinajstić information content (AvgIpc) is 2.97. The Bertz CT molecular complexity index is 356. The Kier molecular flexibility index (Phi) is 5.67. The maximum Gasteiger partial charge on any atom is 0.241 e. The summed E-state index contributed by atoms with van der Waals surface area (Å²) < 4.78 is 0. The van der Waals surface area contributed by atoms with E-state index in [0.717, 1.165) is 26.1 Å². The van der Waals surface area contributed by atoms with Crippen LogP contribution in [-0.2, 0) is 4.79 Å². The van der Waals surface area contributed by atoms with Crippen LogP contribution in [0.1, 0.15) is 47.5 Å². The zero-order chi connectivity index (χ0) is 15.6. The van der Waals surface area contributed by atoms with Crippen molar-refractivity contribution in [3.8, 4) is 0 Å². The van der Waals surface area contributed by atoms with E-state index >= 15 is 0 Å². The fourth-order valence-corrected chi connectivity index (χ4v) is 3.66. The number of carbonyl (C=O) groups is 1. The molecule has 0 aromatic carbocycles. The van der Waals surface area contributed by atoms with Gasteiger partial charge in [0.2, 0.25) is 5.91 Å². The van der Waals surface area contributed by atoms with E-state index in [4.69, 9.17) is 0 Å². The molecule has 2 rings (SSSR count). The van der Waals surface area contributed by atoms with Gasteiger partial charge in [-0.05, 0) is 43.7 Å². The molecule has 0 aliphatic carbocycles. The van der Waals surface area contributed by atoms with Crippen molar-refractivity contribution in [2.75, 3.05) is 26.2 Å². The smallest absolute Gasteiger partial charge is 0.241 e. The summed E-state index contributed by atoms with van der Waals surface area (Å²) in [6, 6.07) is 0.0115. The zero-order valence-electron chi connectivity index (χ0n) is 14.4. The fourth-order valence-electron chi connectivity index (χ4n) is 3.66. The summed E-state index contributed by atoms with van der Waals surface area (Å²) in [7, 11) is 0. The third kappa shape index (κ3) is 3.98. The normalized spacial score (nSPS) is 31.1. The molecule has 2 fully saturated rings. The van der Waals surface area contributed by atoms with Crippen molar-refractivity contribution in [3.63, 3.8) is 0 Å². The lowest BCUT2D eigenvalue weighted by Gasteiger charge is -2.28. The highest BCUT2D eigenvalue weighted by Gasteiger charge is 2.41. The lowest BCUT2D eigenvalue weighted by molar-refractivity contribution is -0.131. The van der Waals surface area contributed by atoms with Crippen molar-refractivity contribution in [2.24, 2.45) is 17.8 Å². The molecule has 0 spiro atoms. The van der Waals surface area contributed by atoms with Crippen LogP contribution in [0, 0.1) is 17.8 Å². The molecule has 122 valence electrons. The summed E-state index contributed by atoms with van der Waals surface area (Å²) in [6.45, 7) is 15.4. The summed E-state index contributed by atoms with van der Waals surface area (Å²) in [6.07, 6.45) is 2.53. The van der Waals surface area contributed by atoms with Crippen LogP contribution in [0.5, 0.6) is 0 Å². The summed E-state index contributed by atoms with van der Waals surface area (Å²) >= 11 is 0. The summed E-state index contributed by atoms with van der Waals surface area (Å²) in [5, 5.41) is 3.58. The molecule has 0 aromatic heterocycles. The highest BCUT2D eigenvalue weighted by atomic mass is 16.2. The minimum atomic E-state index is 0.0115. The maximum atomic E-state index is 12.7. The zero-order valence-corrected chi connectivity index (χ0v) is 14.4. The topological polar surface area (TPSA) is 35.6 Å². The van der Waals surface area contributed by atoms with Gasteiger partial charge in [0.25, 0.3) is 0 Å². The maximum absolute atomic E-state index is 12.7. The Balaban J connectivity index is 2.01. The Morgan fingerprint density at radius 2 is 2.00 bits per heavy atom. The van der Waals surface area contributed by atoms with E-state index in [2.05, 4.69) is 49.7 Å². The first-order chi connectivity index (χ1) is 9.92. The third-order valence-electron chi connectivity index (χ3n) is 4.93. The molecule has 21 heavy (non-hydrogen) atoms. The molecule has 4 nitrogen and oxygen atoms in total. The number of hydrogen-bond donors (Lipinski definition) is 1. The van der Waals surface area contributed by atoms with Crippen LogP contribution in [-0.4, -0.2) is 54.1 Å². The van der Waals surface area contributed by atoms with Gasteiger partial charge in [-0.2, -0.15) is 0 Å². The lowest BCUT2D eigenvalue weighted by Crippen LogP contribution is -2.41. The number of hydrogen-bond acceptors (Lipinski definition) is 3. The molecular formula is C17H33N3O. The standard InChI is InChI=1S/C17H33N3O/c1-6-19-8-7-14(10-19)11-20-15(9-12(2)3)18-16(13(4)5)17(20)21/h12-16,18H,6-11H2,1-5H3. The predicted octanol–water partition coefficient (Wildman–Crippen LogP) is 2.16. The van der Waals surface area contributed by atoms with E-state index in [1.807, 2.05) is 0 Å². The predicted molar refractivity (Wildman–Crippen MR) is 86.9 cm³/mol. The van der Waals surface area contributed by atoms with E-state index in [1.165, 1.54) is 13.0 Å². The van der Waals surface area contributed by atoms with Crippen LogP contribution in [0.3, 0.4) is 0 Å². The first-order valence-electron chi connectivity index (χ1n) is 8.71. The lowest BCUT2D eigenvalue weighted by atomic mass is 10.0. The molecule has 0 radical (unpaired) electrons. The second-order valence-electron chi connectivity index (χ2n) is 7.57. The molecule has 2 heterocycles. The van der Waals surface area contributed by atoms with Gasteiger partial charge in [0, 0.05) is 13.1 Å². The number of carbonyl (C=O) groups excluding carboxylic acids is 1. The van der Waals surface area contributed by atoms with Gasteiger partial charge in [-0.1, -0.05) is 34.6 Å². The SMILES string of the molecule is CCN1CCC(CN2C(=O)C(C(C)C)NC2CC(C)C)C1. The minimum absolute atomic E-state index is 0.0115. The first-order valence-corrected chi connectivity index (χ1v) is 8.71. The van der Waals surface area contributed by atoms with E-state index in [0.29, 0.717) is 23.7 Å². The van der Waals surface area contributed by atoms with Crippen molar-refractivity contribution in [1.82, 2.24) is 15.1 Å². The molecule has 2 saturated heterocycles. The summed E-state index contributed by atoms with van der Waals surface area (Å²) in [4.78, 5) is 17.4. The van der Waals surface area contributed by atoms with Crippen molar-refractivity contribution in [2.45, 2.75) is 59.7 Å². The Hall–Kier alpha value is -0.610. The summed E-state index contributed by atoms with van der Waals surface area (Å²) in [5.41, 5.74) is 0. The number of nitrogens with zero attached hydrogens (tertiary/aromatic N) is 2. The van der Waals surface area contributed by atoms with Crippen LogP contribution in [0.4, 0.5) is 0 Å². The van der Waals surface area contributed by atoms with Crippen molar-refractivity contribution in [1.29, 1.82) is 0 Å². The van der Waals surface area contributed by atoms with E-state index in [1.54, 1.807) is 0 Å². The van der Waals surface area contributed by atoms with E-state index < -0.39 is 0 Å². The van der Waals surface area contributed by atoms with Gasteiger partial charge in [-0.25, -0.2) is 0 Å². The summed E-state index contributed by atoms with van der Waals surface area (Å²) in [5.74, 6) is 1.95. The Morgan fingerprint density at radius 3 is 2.52 bits per heavy atom. The van der Waals surface area contributed by atoms with Crippen molar-refractivity contribution < 1.29 is 4.79 Å². The quantitative estimate of drug-likeness (QED) is 0.815. The van der Waals surface area contributed by atoms with E-state index in [9.17, 15) is 4.79 Å². The molecule has 1 N–H and O–H groups in total. The highest BCUT2D eigenvalue weighted by molar-refractivity contribution is 5.84. The number of nitrogens with one attached hydrogen (secondary N) is 1. The third-order valence-corrected chi connectivity index (χ3v) is 4.93. The van der Waals surface area contributed by atoms with Gasteiger partial charge in [-0.3, -0.25) is 10.1 Å². The number of likely N-dealkylation sites (tertiary alicyclic amines) is 1. The average molecular weight is 295 g/mol. The van der Waals surface area contributed by atoms with Crippen molar-refractivity contribution >= 4 is 5.91 Å². The molecule has 4 heteroatoms. The van der Waals surface area contributed by atoms with Crippen LogP contribution in [0.25, 0.3) is 0 Å². The molecule has 2 aliphatic heterocycles.